The SMILES string of the molecule is CC(=O)O[C@@H]1/C=C/[C@H](C)[C@@H](/C(C)=C/C=C/[C@@H](C)COC(=O)N2CCCC2)OC(=O)C[C@@H](O)CC[C@]1(C)O. The van der Waals surface area contributed by atoms with Gasteiger partial charge in [0.2, 0.25) is 0 Å². The van der Waals surface area contributed by atoms with E-state index in [0.29, 0.717) is 0 Å². The summed E-state index contributed by atoms with van der Waals surface area (Å²) in [5, 5.41) is 21.2. The number of likely N-dealkylation sites (tertiary alicyclic amines) is 1. The molecule has 0 aromatic carbocycles. The summed E-state index contributed by atoms with van der Waals surface area (Å²) in [4.78, 5) is 38.0. The number of hydrogen-bond donors (Lipinski definition) is 2. The van der Waals surface area contributed by atoms with Crippen molar-refractivity contribution < 1.29 is 38.8 Å². The van der Waals surface area contributed by atoms with Crippen LogP contribution in [-0.2, 0) is 23.8 Å². The Balaban J connectivity index is 2.12. The molecule has 0 bridgehead atoms. The van der Waals surface area contributed by atoms with E-state index in [4.69, 9.17) is 14.2 Å². The Morgan fingerprint density at radius 1 is 1.27 bits per heavy atom. The highest BCUT2D eigenvalue weighted by Gasteiger charge is 2.35. The first kappa shape index (κ1) is 30.6. The van der Waals surface area contributed by atoms with E-state index >= 15 is 0 Å². The van der Waals surface area contributed by atoms with Crippen molar-refractivity contribution in [2.24, 2.45) is 11.8 Å². The van der Waals surface area contributed by atoms with Gasteiger partial charge in [-0.25, -0.2) is 4.79 Å². The number of aliphatic hydroxyl groups excluding tert-OH is 1. The number of nitrogens with zero attached hydrogens (tertiary/aromatic N) is 1. The molecule has 1 amide bonds. The average Bonchev–Trinajstić information content (AvgIpc) is 3.36. The third-order valence-corrected chi connectivity index (χ3v) is 6.70. The molecule has 0 aromatic rings. The fourth-order valence-electron chi connectivity index (χ4n) is 4.37. The van der Waals surface area contributed by atoms with Gasteiger partial charge in [-0.3, -0.25) is 9.59 Å². The van der Waals surface area contributed by atoms with Crippen LogP contribution in [0.2, 0.25) is 0 Å². The largest absolute Gasteiger partial charge is 0.457 e. The molecule has 0 radical (unpaired) electrons. The van der Waals surface area contributed by atoms with E-state index in [1.54, 1.807) is 24.0 Å². The number of amides is 1. The molecule has 2 aliphatic rings. The minimum atomic E-state index is -1.41. The van der Waals surface area contributed by atoms with Crippen LogP contribution in [-0.4, -0.2) is 76.8 Å². The van der Waals surface area contributed by atoms with Gasteiger partial charge in [-0.2, -0.15) is 0 Å². The van der Waals surface area contributed by atoms with Crippen molar-refractivity contribution in [3.8, 4) is 0 Å². The molecule has 6 atom stereocenters. The molecule has 2 aliphatic heterocycles. The number of esters is 2. The summed E-state index contributed by atoms with van der Waals surface area (Å²) >= 11 is 0. The fraction of sp³-hybridized carbons (Fsp3) is 0.679. The molecule has 0 spiro atoms. The van der Waals surface area contributed by atoms with E-state index in [1.165, 1.54) is 6.92 Å². The molecule has 37 heavy (non-hydrogen) atoms. The quantitative estimate of drug-likeness (QED) is 0.235. The predicted octanol–water partition coefficient (Wildman–Crippen LogP) is 3.69. The first-order chi connectivity index (χ1) is 17.4. The highest BCUT2D eigenvalue weighted by molar-refractivity contribution is 5.70. The Bertz CT molecular complexity index is 871. The van der Waals surface area contributed by atoms with E-state index in [1.807, 2.05) is 39.0 Å². The maximum atomic E-state index is 12.5. The fourth-order valence-corrected chi connectivity index (χ4v) is 4.37. The van der Waals surface area contributed by atoms with Crippen molar-refractivity contribution in [1.29, 1.82) is 0 Å². The van der Waals surface area contributed by atoms with Crippen molar-refractivity contribution in [2.75, 3.05) is 19.7 Å². The van der Waals surface area contributed by atoms with Gasteiger partial charge in [-0.15, -0.1) is 0 Å². The molecule has 9 heteroatoms. The van der Waals surface area contributed by atoms with E-state index in [2.05, 4.69) is 0 Å². The van der Waals surface area contributed by atoms with Crippen molar-refractivity contribution >= 4 is 18.0 Å². The Labute approximate surface area is 220 Å². The van der Waals surface area contributed by atoms with Crippen LogP contribution in [0.5, 0.6) is 0 Å². The molecule has 208 valence electrons. The lowest BCUT2D eigenvalue weighted by molar-refractivity contribution is -0.157. The van der Waals surface area contributed by atoms with E-state index in [0.717, 1.165) is 31.5 Å². The number of carbonyl (C=O) groups is 3. The van der Waals surface area contributed by atoms with Crippen LogP contribution in [0.3, 0.4) is 0 Å². The molecule has 2 rings (SSSR count). The Hall–Kier alpha value is -2.65. The summed E-state index contributed by atoms with van der Waals surface area (Å²) in [5.41, 5.74) is -0.644. The maximum absolute atomic E-state index is 12.5. The Morgan fingerprint density at radius 3 is 2.59 bits per heavy atom. The van der Waals surface area contributed by atoms with Gasteiger partial charge in [0.1, 0.15) is 17.8 Å². The number of hydrogen-bond acceptors (Lipinski definition) is 8. The zero-order chi connectivity index (χ0) is 27.6. The summed E-state index contributed by atoms with van der Waals surface area (Å²) in [6, 6.07) is 0. The molecular formula is C28H43NO8. The van der Waals surface area contributed by atoms with Crippen LogP contribution in [0.1, 0.15) is 66.7 Å². The second kappa shape index (κ2) is 14.3. The second-order valence-electron chi connectivity index (χ2n) is 10.5. The summed E-state index contributed by atoms with van der Waals surface area (Å²) in [6.07, 6.45) is 8.24. The molecule has 0 unspecified atom stereocenters. The molecule has 0 aliphatic carbocycles. The van der Waals surface area contributed by atoms with E-state index < -0.39 is 35.9 Å². The minimum absolute atomic E-state index is 0.00588. The summed E-state index contributed by atoms with van der Waals surface area (Å²) < 4.78 is 16.5. The van der Waals surface area contributed by atoms with Gasteiger partial charge < -0.3 is 29.3 Å². The predicted molar refractivity (Wildman–Crippen MR) is 138 cm³/mol. The van der Waals surface area contributed by atoms with Gasteiger partial charge >= 0.3 is 18.0 Å². The first-order valence-corrected chi connectivity index (χ1v) is 13.1. The topological polar surface area (TPSA) is 123 Å². The second-order valence-corrected chi connectivity index (χ2v) is 10.5. The molecule has 1 saturated heterocycles. The molecule has 1 fully saturated rings. The van der Waals surface area contributed by atoms with Gasteiger partial charge in [0.25, 0.3) is 0 Å². The molecule has 2 N–H and O–H groups in total. The standard InChI is InChI=1S/C28H43NO8/c1-19(18-35-27(33)29-15-6-7-16-29)9-8-10-20(2)26-21(3)11-12-24(36-22(4)30)28(5,34)14-13-23(31)17-25(32)37-26/h8-12,19,21,23-24,26,31,34H,6-7,13-18H2,1-5H3/b9-8+,12-11+,20-10+/t19-,21+,23+,24-,26-,28+/m1/s1. The van der Waals surface area contributed by atoms with E-state index in [-0.39, 0.29) is 43.8 Å². The van der Waals surface area contributed by atoms with Crippen molar-refractivity contribution in [2.45, 2.75) is 90.6 Å². The Kier molecular flexibility index (Phi) is 11.8. The van der Waals surface area contributed by atoms with Gasteiger partial charge in [0.15, 0.2) is 0 Å². The van der Waals surface area contributed by atoms with Crippen LogP contribution in [0.4, 0.5) is 4.79 Å². The van der Waals surface area contributed by atoms with Crippen molar-refractivity contribution in [3.05, 3.63) is 36.0 Å². The van der Waals surface area contributed by atoms with Crippen LogP contribution < -0.4 is 0 Å². The molecule has 9 nitrogen and oxygen atoms in total. The smallest absolute Gasteiger partial charge is 0.409 e. The Morgan fingerprint density at radius 2 is 1.95 bits per heavy atom. The average molecular weight is 522 g/mol. The monoisotopic (exact) mass is 521 g/mol. The summed E-state index contributed by atoms with van der Waals surface area (Å²) in [7, 11) is 0. The number of carbonyl (C=O) groups excluding carboxylic acids is 3. The van der Waals surface area contributed by atoms with Gasteiger partial charge in [-0.1, -0.05) is 38.2 Å². The van der Waals surface area contributed by atoms with Gasteiger partial charge in [0, 0.05) is 31.8 Å². The molecule has 0 aromatic heterocycles. The zero-order valence-electron chi connectivity index (χ0n) is 22.7. The maximum Gasteiger partial charge on any atom is 0.409 e. The lowest BCUT2D eigenvalue weighted by atomic mass is 9.88. The number of cyclic esters (lactones) is 1. The molecular weight excluding hydrogens is 478 g/mol. The third kappa shape index (κ3) is 10.3. The normalized spacial score (nSPS) is 31.7. The highest BCUT2D eigenvalue weighted by atomic mass is 16.6. The molecule has 2 heterocycles. The van der Waals surface area contributed by atoms with Crippen LogP contribution in [0.25, 0.3) is 0 Å². The first-order valence-electron chi connectivity index (χ1n) is 13.1. The van der Waals surface area contributed by atoms with Gasteiger partial charge in [-0.05, 0) is 51.2 Å². The lowest BCUT2D eigenvalue weighted by Crippen LogP contribution is -2.42. The number of allylic oxidation sites excluding steroid dienone is 2. The van der Waals surface area contributed by atoms with Gasteiger partial charge in [0.05, 0.1) is 19.1 Å². The van der Waals surface area contributed by atoms with Crippen LogP contribution >= 0.6 is 0 Å². The third-order valence-electron chi connectivity index (χ3n) is 6.70. The highest BCUT2D eigenvalue weighted by Crippen LogP contribution is 2.27. The number of aliphatic hydroxyl groups is 2. The number of rotatable bonds is 6. The summed E-state index contributed by atoms with van der Waals surface area (Å²) in [6.45, 7) is 10.2. The van der Waals surface area contributed by atoms with Crippen molar-refractivity contribution in [1.82, 2.24) is 4.90 Å². The summed E-state index contributed by atoms with van der Waals surface area (Å²) in [5.74, 6) is -1.38. The number of ether oxygens (including phenoxy) is 3. The zero-order valence-corrected chi connectivity index (χ0v) is 22.7. The van der Waals surface area contributed by atoms with Crippen LogP contribution in [0, 0.1) is 11.8 Å². The lowest BCUT2D eigenvalue weighted by Gasteiger charge is -2.32. The van der Waals surface area contributed by atoms with Crippen molar-refractivity contribution in [3.63, 3.8) is 0 Å². The van der Waals surface area contributed by atoms with E-state index in [9.17, 15) is 24.6 Å². The van der Waals surface area contributed by atoms with Crippen LogP contribution in [0.15, 0.2) is 36.0 Å². The minimum Gasteiger partial charge on any atom is -0.457 e. The molecule has 0 saturated carbocycles.